The van der Waals surface area contributed by atoms with Crippen LogP contribution in [0.25, 0.3) is 0 Å². The van der Waals surface area contributed by atoms with Crippen molar-refractivity contribution in [3.05, 3.63) is 64.8 Å². The van der Waals surface area contributed by atoms with Crippen LogP contribution in [0.3, 0.4) is 0 Å². The van der Waals surface area contributed by atoms with E-state index in [-0.39, 0.29) is 11.7 Å². The van der Waals surface area contributed by atoms with Crippen LogP contribution in [0.15, 0.2) is 59.2 Å². The molecule has 0 aromatic heterocycles. The number of Topliss-reactive ketones (excluding diaryl/α,β-unsaturated/α-hetero) is 1. The highest BCUT2D eigenvalue weighted by Crippen LogP contribution is 2.43. The van der Waals surface area contributed by atoms with E-state index in [2.05, 4.69) is 30.4 Å². The van der Waals surface area contributed by atoms with Crippen LogP contribution in [0.4, 0.5) is 0 Å². The molecule has 1 aromatic carbocycles. The van der Waals surface area contributed by atoms with Gasteiger partial charge in [0.05, 0.1) is 18.8 Å². The molecule has 1 aromatic rings. The summed E-state index contributed by atoms with van der Waals surface area (Å²) >= 11 is 0. The Morgan fingerprint density at radius 2 is 1.62 bits per heavy atom. The zero-order valence-electron chi connectivity index (χ0n) is 24.1. The number of ether oxygens (including phenoxy) is 2. The molecule has 3 rings (SSSR count). The fourth-order valence-corrected chi connectivity index (χ4v) is 5.61. The molecule has 0 spiro atoms. The highest BCUT2D eigenvalue weighted by atomic mass is 32.2. The summed E-state index contributed by atoms with van der Waals surface area (Å²) in [5, 5.41) is 0. The number of sulfonamides is 1. The first-order valence-electron chi connectivity index (χ1n) is 14.5. The Morgan fingerprint density at radius 1 is 0.974 bits per heavy atom. The molecule has 0 saturated carbocycles. The molecule has 0 saturated heterocycles. The largest absolute Gasteiger partial charge is 0.494 e. The summed E-state index contributed by atoms with van der Waals surface area (Å²) in [7, 11) is -3.40. The van der Waals surface area contributed by atoms with Gasteiger partial charge in [0.25, 0.3) is 0 Å². The summed E-state index contributed by atoms with van der Waals surface area (Å²) in [5.74, 6) is 1.78. The molecule has 39 heavy (non-hydrogen) atoms. The second-order valence-corrected chi connectivity index (χ2v) is 12.3. The lowest BCUT2D eigenvalue weighted by molar-refractivity contribution is 0.102. The van der Waals surface area contributed by atoms with Crippen molar-refractivity contribution in [3.8, 4) is 5.75 Å². The van der Waals surface area contributed by atoms with E-state index in [1.165, 1.54) is 25.7 Å². The number of hydrogen-bond donors (Lipinski definition) is 1. The Hall–Kier alpha value is -2.58. The molecule has 1 aliphatic heterocycles. The van der Waals surface area contributed by atoms with Crippen molar-refractivity contribution in [2.75, 3.05) is 32.5 Å². The average molecular weight is 559 g/mol. The minimum atomic E-state index is -3.40. The lowest BCUT2D eigenvalue weighted by Crippen LogP contribution is -2.28. The summed E-state index contributed by atoms with van der Waals surface area (Å²) < 4.78 is 38.2. The SMILES string of the molecule is CCCCC1=C(C(=O)c2ccc(OCCCN(CCCC)CCCC)cc2)C2CC(NS(C)(=O)=O)=CC=C2O1. The van der Waals surface area contributed by atoms with Gasteiger partial charge >= 0.3 is 0 Å². The number of benzene rings is 1. The fourth-order valence-electron chi connectivity index (χ4n) is 4.99. The average Bonchev–Trinajstić information content (AvgIpc) is 3.27. The monoisotopic (exact) mass is 558 g/mol. The Kier molecular flexibility index (Phi) is 12.1. The van der Waals surface area contributed by atoms with Gasteiger partial charge < -0.3 is 14.4 Å². The van der Waals surface area contributed by atoms with Crippen molar-refractivity contribution < 1.29 is 22.7 Å². The second-order valence-electron chi connectivity index (χ2n) is 10.5. The van der Waals surface area contributed by atoms with Gasteiger partial charge in [-0.05, 0) is 75.2 Å². The number of carbonyl (C=O) groups is 1. The summed E-state index contributed by atoms with van der Waals surface area (Å²) in [6.07, 6.45) is 13.4. The molecule has 8 heteroatoms. The summed E-state index contributed by atoms with van der Waals surface area (Å²) in [4.78, 5) is 16.3. The number of nitrogens with one attached hydrogen (secondary N) is 1. The van der Waals surface area contributed by atoms with Gasteiger partial charge in [0.2, 0.25) is 10.0 Å². The molecule has 0 amide bonds. The first-order valence-corrected chi connectivity index (χ1v) is 16.4. The number of unbranched alkanes of at least 4 members (excludes halogenated alkanes) is 3. The second kappa shape index (κ2) is 15.3. The Balaban J connectivity index is 1.63. The van der Waals surface area contributed by atoms with Gasteiger partial charge in [-0.1, -0.05) is 40.0 Å². The minimum Gasteiger partial charge on any atom is -0.494 e. The molecule has 0 bridgehead atoms. The van der Waals surface area contributed by atoms with E-state index in [9.17, 15) is 13.2 Å². The first-order chi connectivity index (χ1) is 18.8. The van der Waals surface area contributed by atoms with E-state index in [0.29, 0.717) is 47.8 Å². The Morgan fingerprint density at radius 3 is 2.23 bits per heavy atom. The fraction of sp³-hybridized carbons (Fsp3) is 0.581. The lowest BCUT2D eigenvalue weighted by Gasteiger charge is -2.22. The maximum Gasteiger partial charge on any atom is 0.229 e. The highest BCUT2D eigenvalue weighted by Gasteiger charge is 2.38. The van der Waals surface area contributed by atoms with Crippen molar-refractivity contribution in [2.24, 2.45) is 5.92 Å². The van der Waals surface area contributed by atoms with Gasteiger partial charge in [0.1, 0.15) is 17.3 Å². The number of rotatable bonds is 18. The van der Waals surface area contributed by atoms with Crippen LogP contribution in [-0.4, -0.2) is 51.6 Å². The molecule has 216 valence electrons. The lowest BCUT2D eigenvalue weighted by atomic mass is 9.85. The Bertz CT molecular complexity index is 1140. The zero-order valence-corrected chi connectivity index (χ0v) is 24.9. The van der Waals surface area contributed by atoms with Crippen LogP contribution in [-0.2, 0) is 14.8 Å². The number of fused-ring (bicyclic) bond motifs is 1. The van der Waals surface area contributed by atoms with Gasteiger partial charge in [-0.15, -0.1) is 0 Å². The molecule has 1 heterocycles. The maximum absolute atomic E-state index is 13.7. The predicted octanol–water partition coefficient (Wildman–Crippen LogP) is 6.35. The van der Waals surface area contributed by atoms with Crippen LogP contribution in [0.1, 0.15) is 88.9 Å². The third-order valence-electron chi connectivity index (χ3n) is 7.08. The smallest absolute Gasteiger partial charge is 0.229 e. The number of carbonyl (C=O) groups excluding carboxylic acids is 1. The summed E-state index contributed by atoms with van der Waals surface area (Å²) in [6, 6.07) is 7.34. The van der Waals surface area contributed by atoms with Crippen LogP contribution >= 0.6 is 0 Å². The number of hydrogen-bond acceptors (Lipinski definition) is 6. The van der Waals surface area contributed by atoms with E-state index in [0.717, 1.165) is 50.9 Å². The standard InChI is InChI=1S/C31H46N2O5S/c1-5-8-12-29-30(27-23-25(32-39(4,35)36)15-18-28(27)38-29)31(34)24-13-16-26(17-14-24)37-22-11-21-33(19-9-6-2)20-10-7-3/h13-18,27,32H,5-12,19-23H2,1-4H3. The molecule has 2 aliphatic rings. The number of nitrogens with zero attached hydrogens (tertiary/aromatic N) is 1. The van der Waals surface area contributed by atoms with Gasteiger partial charge in [0, 0.05) is 36.2 Å². The number of ketones is 1. The normalized spacial score (nSPS) is 17.0. The third kappa shape index (κ3) is 9.53. The van der Waals surface area contributed by atoms with E-state index in [1.54, 1.807) is 12.2 Å². The molecule has 1 unspecified atom stereocenters. The molecule has 1 atom stereocenters. The van der Waals surface area contributed by atoms with Gasteiger partial charge in [-0.3, -0.25) is 9.52 Å². The van der Waals surface area contributed by atoms with Crippen molar-refractivity contribution in [1.82, 2.24) is 9.62 Å². The minimum absolute atomic E-state index is 0.0795. The van der Waals surface area contributed by atoms with Crippen molar-refractivity contribution in [1.29, 1.82) is 0 Å². The molecule has 0 fully saturated rings. The molecule has 1 N–H and O–H groups in total. The molecular formula is C31H46N2O5S. The highest BCUT2D eigenvalue weighted by molar-refractivity contribution is 7.88. The topological polar surface area (TPSA) is 84.9 Å². The van der Waals surface area contributed by atoms with E-state index in [4.69, 9.17) is 9.47 Å². The summed E-state index contributed by atoms with van der Waals surface area (Å²) in [6.45, 7) is 10.5. The summed E-state index contributed by atoms with van der Waals surface area (Å²) in [5.41, 5.74) is 1.76. The van der Waals surface area contributed by atoms with Crippen LogP contribution < -0.4 is 9.46 Å². The molecular weight excluding hydrogens is 512 g/mol. The van der Waals surface area contributed by atoms with Crippen LogP contribution in [0.5, 0.6) is 5.75 Å². The third-order valence-corrected chi connectivity index (χ3v) is 7.72. The van der Waals surface area contributed by atoms with E-state index in [1.807, 2.05) is 24.3 Å². The predicted molar refractivity (Wildman–Crippen MR) is 157 cm³/mol. The number of allylic oxidation sites excluding steroid dienone is 5. The van der Waals surface area contributed by atoms with Crippen molar-refractivity contribution in [2.45, 2.75) is 78.6 Å². The van der Waals surface area contributed by atoms with E-state index < -0.39 is 10.0 Å². The molecule has 7 nitrogen and oxygen atoms in total. The quantitative estimate of drug-likeness (QED) is 0.167. The zero-order chi connectivity index (χ0) is 28.3. The maximum atomic E-state index is 13.7. The van der Waals surface area contributed by atoms with E-state index >= 15 is 0 Å². The van der Waals surface area contributed by atoms with Crippen molar-refractivity contribution >= 4 is 15.8 Å². The van der Waals surface area contributed by atoms with Gasteiger partial charge in [-0.2, -0.15) is 0 Å². The van der Waals surface area contributed by atoms with Gasteiger partial charge in [0.15, 0.2) is 5.78 Å². The Labute approximate surface area is 235 Å². The van der Waals surface area contributed by atoms with Crippen LogP contribution in [0, 0.1) is 5.92 Å². The van der Waals surface area contributed by atoms with Crippen molar-refractivity contribution in [3.63, 3.8) is 0 Å². The molecule has 0 radical (unpaired) electrons. The van der Waals surface area contributed by atoms with Gasteiger partial charge in [-0.25, -0.2) is 8.42 Å². The van der Waals surface area contributed by atoms with Crippen LogP contribution in [0.2, 0.25) is 0 Å². The first kappa shape index (κ1) is 31.0. The molecule has 1 aliphatic carbocycles.